The quantitative estimate of drug-likeness (QED) is 0.577. The van der Waals surface area contributed by atoms with Gasteiger partial charge in [-0.1, -0.05) is 31.4 Å². The Labute approximate surface area is 98.2 Å². The molecule has 1 aliphatic rings. The summed E-state index contributed by atoms with van der Waals surface area (Å²) in [5.41, 5.74) is 0.837. The zero-order chi connectivity index (χ0) is 12.0. The van der Waals surface area contributed by atoms with Gasteiger partial charge >= 0.3 is 5.97 Å². The molecule has 0 bridgehead atoms. The third kappa shape index (κ3) is 3.97. The molecule has 3 nitrogen and oxygen atoms in total. The first-order chi connectivity index (χ1) is 7.65. The lowest BCUT2D eigenvalue weighted by Crippen LogP contribution is -2.45. The molecule has 92 valence electrons. The fourth-order valence-electron chi connectivity index (χ4n) is 2.14. The Morgan fingerprint density at radius 2 is 2.06 bits per heavy atom. The Balaban J connectivity index is 2.49. The van der Waals surface area contributed by atoms with E-state index >= 15 is 0 Å². The Hall–Kier alpha value is -0.830. The first-order valence-electron chi connectivity index (χ1n) is 6.23. The zero-order valence-electron chi connectivity index (χ0n) is 10.4. The van der Waals surface area contributed by atoms with Crippen molar-refractivity contribution in [2.45, 2.75) is 58.0 Å². The molecule has 1 unspecified atom stereocenters. The van der Waals surface area contributed by atoms with Crippen LogP contribution >= 0.6 is 0 Å². The van der Waals surface area contributed by atoms with Gasteiger partial charge in [0.15, 0.2) is 0 Å². The summed E-state index contributed by atoms with van der Waals surface area (Å²) in [7, 11) is 0. The summed E-state index contributed by atoms with van der Waals surface area (Å²) in [6, 6.07) is 0.114. The second-order valence-electron chi connectivity index (χ2n) is 4.53. The van der Waals surface area contributed by atoms with E-state index in [4.69, 9.17) is 4.74 Å². The van der Waals surface area contributed by atoms with E-state index in [1.54, 1.807) is 0 Å². The molecule has 0 aromatic carbocycles. The molecule has 1 aliphatic carbocycles. The number of hydrogen-bond donors (Lipinski definition) is 1. The lowest BCUT2D eigenvalue weighted by Gasteiger charge is -2.27. The topological polar surface area (TPSA) is 38.3 Å². The summed E-state index contributed by atoms with van der Waals surface area (Å²) in [5, 5.41) is 3.37. The third-order valence-electron chi connectivity index (χ3n) is 3.02. The molecule has 16 heavy (non-hydrogen) atoms. The maximum Gasteiger partial charge on any atom is 0.327 e. The van der Waals surface area contributed by atoms with Gasteiger partial charge in [-0.05, 0) is 26.7 Å². The van der Waals surface area contributed by atoms with Crippen molar-refractivity contribution in [3.63, 3.8) is 0 Å². The highest BCUT2D eigenvalue weighted by Gasteiger charge is 2.24. The van der Waals surface area contributed by atoms with Crippen LogP contribution in [0.4, 0.5) is 0 Å². The Morgan fingerprint density at radius 1 is 1.44 bits per heavy atom. The minimum Gasteiger partial charge on any atom is -0.465 e. The number of hydrogen-bond acceptors (Lipinski definition) is 3. The molecular formula is C13H23NO2. The van der Waals surface area contributed by atoms with Crippen LogP contribution in [0.15, 0.2) is 12.2 Å². The van der Waals surface area contributed by atoms with Gasteiger partial charge in [0.1, 0.15) is 6.04 Å². The maximum atomic E-state index is 11.7. The Bertz CT molecular complexity index is 244. The Kier molecular flexibility index (Phi) is 5.53. The average molecular weight is 225 g/mol. The molecule has 1 fully saturated rings. The SMILES string of the molecule is C=C(C)C(NC1CCCCC1)C(=O)OCC. The fraction of sp³-hybridized carbons (Fsp3) is 0.769. The molecule has 0 radical (unpaired) electrons. The molecule has 0 amide bonds. The fourth-order valence-corrected chi connectivity index (χ4v) is 2.14. The molecule has 0 spiro atoms. The number of ether oxygens (including phenoxy) is 1. The second kappa shape index (κ2) is 6.69. The zero-order valence-corrected chi connectivity index (χ0v) is 10.4. The van der Waals surface area contributed by atoms with Crippen molar-refractivity contribution in [3.8, 4) is 0 Å². The predicted molar refractivity (Wildman–Crippen MR) is 65.2 cm³/mol. The van der Waals surface area contributed by atoms with Crippen LogP contribution in [0.25, 0.3) is 0 Å². The highest BCUT2D eigenvalue weighted by Crippen LogP contribution is 2.18. The summed E-state index contributed by atoms with van der Waals surface area (Å²) in [5.74, 6) is -0.194. The Morgan fingerprint density at radius 3 is 2.56 bits per heavy atom. The van der Waals surface area contributed by atoms with Crippen LogP contribution in [0.1, 0.15) is 46.0 Å². The largest absolute Gasteiger partial charge is 0.465 e. The summed E-state index contributed by atoms with van der Waals surface area (Å²) < 4.78 is 5.04. The standard InChI is InChI=1S/C13H23NO2/c1-4-16-13(15)12(10(2)3)14-11-8-6-5-7-9-11/h11-12,14H,2,4-9H2,1,3H3. The first-order valence-corrected chi connectivity index (χ1v) is 6.23. The smallest absolute Gasteiger partial charge is 0.327 e. The van der Waals surface area contributed by atoms with Gasteiger partial charge in [0.25, 0.3) is 0 Å². The van der Waals surface area contributed by atoms with Crippen molar-refractivity contribution in [2.75, 3.05) is 6.61 Å². The van der Waals surface area contributed by atoms with Gasteiger partial charge in [0, 0.05) is 6.04 Å². The lowest BCUT2D eigenvalue weighted by molar-refractivity contribution is -0.144. The van der Waals surface area contributed by atoms with Gasteiger partial charge in [0.05, 0.1) is 6.61 Å². The molecule has 3 heteroatoms. The number of esters is 1. The number of nitrogens with one attached hydrogen (secondary N) is 1. The molecular weight excluding hydrogens is 202 g/mol. The molecule has 1 saturated carbocycles. The number of carbonyl (C=O) groups is 1. The van der Waals surface area contributed by atoms with Crippen molar-refractivity contribution >= 4 is 5.97 Å². The van der Waals surface area contributed by atoms with Crippen molar-refractivity contribution in [2.24, 2.45) is 0 Å². The van der Waals surface area contributed by atoms with E-state index in [0.717, 1.165) is 18.4 Å². The molecule has 0 aromatic heterocycles. The van der Waals surface area contributed by atoms with Crippen LogP contribution in [-0.4, -0.2) is 24.7 Å². The van der Waals surface area contributed by atoms with E-state index < -0.39 is 0 Å². The van der Waals surface area contributed by atoms with Crippen LogP contribution in [0.3, 0.4) is 0 Å². The van der Waals surface area contributed by atoms with Gasteiger partial charge in [-0.25, -0.2) is 4.79 Å². The van der Waals surface area contributed by atoms with Crippen LogP contribution in [0, 0.1) is 0 Å². The summed E-state index contributed by atoms with van der Waals surface area (Å²) in [6.45, 7) is 7.99. The molecule has 1 rings (SSSR count). The normalized spacial score (nSPS) is 19.1. The summed E-state index contributed by atoms with van der Waals surface area (Å²) in [4.78, 5) is 11.7. The van der Waals surface area contributed by atoms with E-state index in [1.807, 2.05) is 13.8 Å². The minimum absolute atomic E-state index is 0.194. The summed E-state index contributed by atoms with van der Waals surface area (Å²) >= 11 is 0. The van der Waals surface area contributed by atoms with E-state index in [9.17, 15) is 4.79 Å². The second-order valence-corrected chi connectivity index (χ2v) is 4.53. The molecule has 0 aromatic rings. The van der Waals surface area contributed by atoms with Crippen LogP contribution in [-0.2, 0) is 9.53 Å². The highest BCUT2D eigenvalue weighted by molar-refractivity contribution is 5.79. The first kappa shape index (κ1) is 13.2. The lowest BCUT2D eigenvalue weighted by atomic mass is 9.94. The molecule has 0 saturated heterocycles. The van der Waals surface area contributed by atoms with Crippen molar-refractivity contribution in [1.29, 1.82) is 0 Å². The molecule has 0 heterocycles. The molecule has 1 atom stereocenters. The van der Waals surface area contributed by atoms with E-state index in [2.05, 4.69) is 11.9 Å². The van der Waals surface area contributed by atoms with Crippen LogP contribution in [0.5, 0.6) is 0 Å². The third-order valence-corrected chi connectivity index (χ3v) is 3.02. The van der Waals surface area contributed by atoms with E-state index in [0.29, 0.717) is 12.6 Å². The van der Waals surface area contributed by atoms with Crippen molar-refractivity contribution in [3.05, 3.63) is 12.2 Å². The minimum atomic E-state index is -0.331. The van der Waals surface area contributed by atoms with Gasteiger partial charge in [-0.2, -0.15) is 0 Å². The highest BCUT2D eigenvalue weighted by atomic mass is 16.5. The monoisotopic (exact) mass is 225 g/mol. The average Bonchev–Trinajstić information content (AvgIpc) is 2.27. The van der Waals surface area contributed by atoms with Crippen molar-refractivity contribution in [1.82, 2.24) is 5.32 Å². The van der Waals surface area contributed by atoms with Gasteiger partial charge < -0.3 is 4.74 Å². The molecule has 0 aliphatic heterocycles. The summed E-state index contributed by atoms with van der Waals surface area (Å²) in [6.07, 6.45) is 6.13. The van der Waals surface area contributed by atoms with E-state index in [1.165, 1.54) is 19.3 Å². The molecule has 1 N–H and O–H groups in total. The maximum absolute atomic E-state index is 11.7. The number of carbonyl (C=O) groups excluding carboxylic acids is 1. The van der Waals surface area contributed by atoms with Crippen LogP contribution < -0.4 is 5.32 Å². The van der Waals surface area contributed by atoms with Gasteiger partial charge in [-0.15, -0.1) is 0 Å². The number of rotatable bonds is 5. The van der Waals surface area contributed by atoms with E-state index in [-0.39, 0.29) is 12.0 Å². The predicted octanol–water partition coefficient (Wildman–Crippen LogP) is 2.42. The van der Waals surface area contributed by atoms with Crippen LogP contribution in [0.2, 0.25) is 0 Å². The van der Waals surface area contributed by atoms with Crippen molar-refractivity contribution < 1.29 is 9.53 Å². The van der Waals surface area contributed by atoms with Gasteiger partial charge in [-0.3, -0.25) is 5.32 Å². The van der Waals surface area contributed by atoms with Gasteiger partial charge in [0.2, 0.25) is 0 Å².